The molecule has 0 radical (unpaired) electrons. The number of carbonyl (C=O) groups is 1. The molecule has 68 valence electrons. The van der Waals surface area contributed by atoms with Gasteiger partial charge in [0.05, 0.1) is 25.0 Å². The van der Waals surface area contributed by atoms with Crippen LogP contribution >= 0.6 is 0 Å². The van der Waals surface area contributed by atoms with Gasteiger partial charge in [-0.1, -0.05) is 0 Å². The zero-order chi connectivity index (χ0) is 9.26. The van der Waals surface area contributed by atoms with Crippen LogP contribution in [0.15, 0.2) is 18.3 Å². The van der Waals surface area contributed by atoms with Crippen molar-refractivity contribution < 1.29 is 14.3 Å². The van der Waals surface area contributed by atoms with E-state index in [9.17, 15) is 4.79 Å². The van der Waals surface area contributed by atoms with Gasteiger partial charge in [-0.2, -0.15) is 0 Å². The average Bonchev–Trinajstić information content (AvgIpc) is 3.00. The summed E-state index contributed by atoms with van der Waals surface area (Å²) in [7, 11) is 1.35. The molecule has 0 N–H and O–H groups in total. The van der Waals surface area contributed by atoms with Gasteiger partial charge in [-0.3, -0.25) is 4.98 Å². The molecule has 0 saturated carbocycles. The van der Waals surface area contributed by atoms with Crippen LogP contribution < -0.4 is 0 Å². The predicted octanol–water partition coefficient (Wildman–Crippen LogP) is 0.940. The molecule has 0 aromatic carbocycles. The van der Waals surface area contributed by atoms with Crippen LogP contribution in [0.1, 0.15) is 22.2 Å². The van der Waals surface area contributed by atoms with E-state index >= 15 is 0 Å². The molecule has 1 aromatic heterocycles. The number of methoxy groups -OCH3 is 1. The molecule has 2 rings (SSSR count). The predicted molar refractivity (Wildman–Crippen MR) is 44.3 cm³/mol. The third-order valence-corrected chi connectivity index (χ3v) is 1.87. The minimum Gasteiger partial charge on any atom is -0.465 e. The molecule has 1 atom stereocenters. The van der Waals surface area contributed by atoms with Crippen LogP contribution in [0.25, 0.3) is 0 Å². The highest BCUT2D eigenvalue weighted by Gasteiger charge is 2.26. The zero-order valence-electron chi connectivity index (χ0n) is 7.19. The monoisotopic (exact) mass is 179 g/mol. The quantitative estimate of drug-likeness (QED) is 0.500. The van der Waals surface area contributed by atoms with E-state index in [0.29, 0.717) is 5.56 Å². The van der Waals surface area contributed by atoms with Crippen LogP contribution in [0, 0.1) is 0 Å². The van der Waals surface area contributed by atoms with Gasteiger partial charge in [-0.15, -0.1) is 0 Å². The lowest BCUT2D eigenvalue weighted by atomic mass is 10.2. The largest absolute Gasteiger partial charge is 0.465 e. The van der Waals surface area contributed by atoms with Gasteiger partial charge in [0, 0.05) is 6.20 Å². The van der Waals surface area contributed by atoms with Gasteiger partial charge < -0.3 is 9.47 Å². The van der Waals surface area contributed by atoms with E-state index in [2.05, 4.69) is 9.72 Å². The topological polar surface area (TPSA) is 51.7 Å². The van der Waals surface area contributed by atoms with Crippen molar-refractivity contribution in [1.82, 2.24) is 4.98 Å². The molecular formula is C9H9NO3. The smallest absolute Gasteiger partial charge is 0.339 e. The summed E-state index contributed by atoms with van der Waals surface area (Å²) in [5.74, 6) is -0.365. The Bertz CT molecular complexity index is 316. The number of hydrogen-bond donors (Lipinski definition) is 0. The van der Waals surface area contributed by atoms with Gasteiger partial charge in [0.2, 0.25) is 0 Å². The summed E-state index contributed by atoms with van der Waals surface area (Å²) in [6.07, 6.45) is 1.63. The number of pyridine rings is 1. The highest BCUT2D eigenvalue weighted by atomic mass is 16.6. The molecule has 1 fully saturated rings. The van der Waals surface area contributed by atoms with E-state index in [1.165, 1.54) is 13.3 Å². The Labute approximate surface area is 75.5 Å². The Morgan fingerprint density at radius 2 is 2.46 bits per heavy atom. The number of epoxide rings is 1. The average molecular weight is 179 g/mol. The SMILES string of the molecule is COC(=O)c1ccc([C@@H]2CO2)nc1. The normalized spacial score (nSPS) is 19.6. The van der Waals surface area contributed by atoms with Gasteiger partial charge in [0.1, 0.15) is 6.10 Å². The summed E-state index contributed by atoms with van der Waals surface area (Å²) >= 11 is 0. The Kier molecular flexibility index (Phi) is 1.98. The van der Waals surface area contributed by atoms with Crippen molar-refractivity contribution in [1.29, 1.82) is 0 Å². The highest BCUT2D eigenvalue weighted by molar-refractivity contribution is 5.88. The van der Waals surface area contributed by atoms with E-state index in [4.69, 9.17) is 4.74 Å². The fourth-order valence-corrected chi connectivity index (χ4v) is 1.05. The highest BCUT2D eigenvalue weighted by Crippen LogP contribution is 2.27. The number of nitrogens with zero attached hydrogens (tertiary/aromatic N) is 1. The van der Waals surface area contributed by atoms with E-state index < -0.39 is 0 Å². The van der Waals surface area contributed by atoms with Crippen LogP contribution in [-0.2, 0) is 9.47 Å². The molecule has 1 saturated heterocycles. The third kappa shape index (κ3) is 1.67. The second-order valence-electron chi connectivity index (χ2n) is 2.79. The molecule has 0 bridgehead atoms. The Balaban J connectivity index is 2.17. The summed E-state index contributed by atoms with van der Waals surface area (Å²) in [4.78, 5) is 15.1. The lowest BCUT2D eigenvalue weighted by molar-refractivity contribution is 0.0600. The van der Waals surface area contributed by atoms with Gasteiger partial charge in [0.25, 0.3) is 0 Å². The molecule has 1 aliphatic rings. The molecule has 1 aromatic rings. The second-order valence-corrected chi connectivity index (χ2v) is 2.79. The van der Waals surface area contributed by atoms with E-state index in [1.807, 2.05) is 0 Å². The maximum atomic E-state index is 11.0. The van der Waals surface area contributed by atoms with Crippen LogP contribution in [0.3, 0.4) is 0 Å². The summed E-state index contributed by atoms with van der Waals surface area (Å²) in [5, 5.41) is 0. The van der Waals surface area contributed by atoms with Crippen LogP contribution in [0.4, 0.5) is 0 Å². The van der Waals surface area contributed by atoms with Crippen molar-refractivity contribution in [2.75, 3.05) is 13.7 Å². The Morgan fingerprint density at radius 1 is 1.69 bits per heavy atom. The maximum absolute atomic E-state index is 11.0. The second kappa shape index (κ2) is 3.14. The molecule has 1 aliphatic heterocycles. The summed E-state index contributed by atoms with van der Waals surface area (Å²) < 4.78 is 9.58. The van der Waals surface area contributed by atoms with Crippen molar-refractivity contribution >= 4 is 5.97 Å². The van der Waals surface area contributed by atoms with Crippen LogP contribution in [0.5, 0.6) is 0 Å². The number of rotatable bonds is 2. The van der Waals surface area contributed by atoms with Crippen molar-refractivity contribution in [3.05, 3.63) is 29.6 Å². The van der Waals surface area contributed by atoms with Gasteiger partial charge >= 0.3 is 5.97 Å². The van der Waals surface area contributed by atoms with Gasteiger partial charge in [-0.05, 0) is 12.1 Å². The first-order valence-electron chi connectivity index (χ1n) is 3.97. The molecule has 4 nitrogen and oxygen atoms in total. The minimum absolute atomic E-state index is 0.131. The molecule has 0 aliphatic carbocycles. The third-order valence-electron chi connectivity index (χ3n) is 1.87. The molecular weight excluding hydrogens is 170 g/mol. The Morgan fingerprint density at radius 3 is 2.92 bits per heavy atom. The number of ether oxygens (including phenoxy) is 2. The van der Waals surface area contributed by atoms with Crippen LogP contribution in [0.2, 0.25) is 0 Å². The maximum Gasteiger partial charge on any atom is 0.339 e. The lowest BCUT2D eigenvalue weighted by Gasteiger charge is -1.98. The summed E-state index contributed by atoms with van der Waals surface area (Å²) in [6, 6.07) is 3.47. The zero-order valence-corrected chi connectivity index (χ0v) is 7.19. The fourth-order valence-electron chi connectivity index (χ4n) is 1.05. The first-order chi connectivity index (χ1) is 6.31. The molecule has 0 amide bonds. The molecule has 13 heavy (non-hydrogen) atoms. The minimum atomic E-state index is -0.365. The van der Waals surface area contributed by atoms with Crippen molar-refractivity contribution in [3.63, 3.8) is 0 Å². The van der Waals surface area contributed by atoms with Crippen molar-refractivity contribution in [2.45, 2.75) is 6.10 Å². The number of hydrogen-bond acceptors (Lipinski definition) is 4. The first-order valence-corrected chi connectivity index (χ1v) is 3.97. The number of aromatic nitrogens is 1. The Hall–Kier alpha value is -1.42. The van der Waals surface area contributed by atoms with Gasteiger partial charge in [-0.25, -0.2) is 4.79 Å². The molecule has 4 heteroatoms. The summed E-state index contributed by atoms with van der Waals surface area (Å²) in [6.45, 7) is 0.727. The number of esters is 1. The van der Waals surface area contributed by atoms with E-state index in [0.717, 1.165) is 12.3 Å². The molecule has 0 spiro atoms. The molecule has 0 unspecified atom stereocenters. The van der Waals surface area contributed by atoms with E-state index in [-0.39, 0.29) is 12.1 Å². The molecule has 2 heterocycles. The standard InChI is InChI=1S/C9H9NO3/c1-12-9(11)6-2-3-7(10-4-6)8-5-13-8/h2-4,8H,5H2,1H3/t8-/m0/s1. The van der Waals surface area contributed by atoms with Crippen molar-refractivity contribution in [2.24, 2.45) is 0 Å². The van der Waals surface area contributed by atoms with Crippen molar-refractivity contribution in [3.8, 4) is 0 Å². The summed E-state index contributed by atoms with van der Waals surface area (Å²) in [5.41, 5.74) is 1.33. The van der Waals surface area contributed by atoms with Gasteiger partial charge in [0.15, 0.2) is 0 Å². The van der Waals surface area contributed by atoms with Crippen LogP contribution in [-0.4, -0.2) is 24.7 Å². The van der Waals surface area contributed by atoms with E-state index in [1.54, 1.807) is 12.1 Å². The fraction of sp³-hybridized carbons (Fsp3) is 0.333. The lowest BCUT2D eigenvalue weighted by Crippen LogP contribution is -2.02. The number of carbonyl (C=O) groups excluding carboxylic acids is 1. The first kappa shape index (κ1) is 8.19.